The van der Waals surface area contributed by atoms with Gasteiger partial charge in [0, 0.05) is 19.4 Å². The summed E-state index contributed by atoms with van der Waals surface area (Å²) in [5.41, 5.74) is 7.61. The molecule has 6 atom stereocenters. The Labute approximate surface area is 317 Å². The SMILES string of the molecule is CSCC[C@@H](N)C(=O)N[C@H](CC(C)C)C(=O)N[C@H](Cc1ccccc1)C(=O)N[C@@H](C(=O)N[C@H](Cc1ccccc1)C(=O)N1CCC[C@@H]1C(=O)O)C(C)C. The number of nitrogens with one attached hydrogen (secondary N) is 4. The molecule has 2 aromatic carbocycles. The predicted octanol–water partition coefficient (Wildman–Crippen LogP) is 2.27. The minimum Gasteiger partial charge on any atom is -0.480 e. The lowest BCUT2D eigenvalue weighted by Crippen LogP contribution is -2.61. The van der Waals surface area contributed by atoms with Gasteiger partial charge in [-0.2, -0.15) is 11.8 Å². The van der Waals surface area contributed by atoms with E-state index in [-0.39, 0.29) is 25.3 Å². The van der Waals surface area contributed by atoms with Crippen molar-refractivity contribution >= 4 is 47.3 Å². The van der Waals surface area contributed by atoms with Crippen LogP contribution in [-0.4, -0.2) is 100 Å². The maximum atomic E-state index is 14.1. The maximum Gasteiger partial charge on any atom is 0.326 e. The van der Waals surface area contributed by atoms with Gasteiger partial charge in [-0.3, -0.25) is 24.0 Å². The number of hydrogen-bond acceptors (Lipinski definition) is 8. The Kier molecular flexibility index (Phi) is 17.3. The summed E-state index contributed by atoms with van der Waals surface area (Å²) in [6.45, 7) is 7.59. The molecule has 1 aliphatic heterocycles. The van der Waals surface area contributed by atoms with Crippen LogP contribution in [0.3, 0.4) is 0 Å². The van der Waals surface area contributed by atoms with Gasteiger partial charge in [-0.1, -0.05) is 88.4 Å². The Hall–Kier alpha value is -4.43. The van der Waals surface area contributed by atoms with Crippen LogP contribution < -0.4 is 27.0 Å². The number of nitrogens with two attached hydrogens (primary N) is 1. The Bertz CT molecular complexity index is 1530. The molecule has 53 heavy (non-hydrogen) atoms. The first-order chi connectivity index (χ1) is 25.2. The van der Waals surface area contributed by atoms with E-state index in [1.165, 1.54) is 4.90 Å². The molecule has 2 aromatic rings. The van der Waals surface area contributed by atoms with Gasteiger partial charge >= 0.3 is 5.97 Å². The lowest BCUT2D eigenvalue weighted by Gasteiger charge is -2.30. The first-order valence-corrected chi connectivity index (χ1v) is 19.7. The van der Waals surface area contributed by atoms with Crippen molar-refractivity contribution in [2.24, 2.45) is 17.6 Å². The normalized spacial score (nSPS) is 17.0. The molecule has 1 aliphatic rings. The molecule has 3 rings (SSSR count). The van der Waals surface area contributed by atoms with Crippen LogP contribution in [0.2, 0.25) is 0 Å². The average Bonchev–Trinajstić information content (AvgIpc) is 3.63. The number of rotatable bonds is 20. The van der Waals surface area contributed by atoms with E-state index in [0.717, 1.165) is 11.1 Å². The van der Waals surface area contributed by atoms with Crippen LogP contribution in [0.5, 0.6) is 0 Å². The van der Waals surface area contributed by atoms with Gasteiger partial charge in [0.2, 0.25) is 29.5 Å². The molecular formula is C39H56N6O7S. The van der Waals surface area contributed by atoms with Crippen LogP contribution in [-0.2, 0) is 41.6 Å². The first kappa shape index (κ1) is 43.0. The van der Waals surface area contributed by atoms with E-state index in [0.29, 0.717) is 31.4 Å². The van der Waals surface area contributed by atoms with E-state index in [4.69, 9.17) is 5.73 Å². The van der Waals surface area contributed by atoms with E-state index in [2.05, 4.69) is 21.3 Å². The number of nitrogens with zero attached hydrogens (tertiary/aromatic N) is 1. The number of carbonyl (C=O) groups excluding carboxylic acids is 5. The number of thioether (sulfide) groups is 1. The topological polar surface area (TPSA) is 200 Å². The van der Waals surface area contributed by atoms with Crippen LogP contribution >= 0.6 is 11.8 Å². The Morgan fingerprint density at radius 1 is 0.774 bits per heavy atom. The number of carboxylic acid groups (broad SMARTS) is 1. The van der Waals surface area contributed by atoms with Crippen LogP contribution in [0.25, 0.3) is 0 Å². The number of likely N-dealkylation sites (tertiary alicyclic amines) is 1. The van der Waals surface area contributed by atoms with Crippen LogP contribution in [0, 0.1) is 11.8 Å². The summed E-state index contributed by atoms with van der Waals surface area (Å²) in [4.78, 5) is 81.9. The minimum atomic E-state index is -1.13. The second-order valence-electron chi connectivity index (χ2n) is 14.3. The van der Waals surface area contributed by atoms with Gasteiger partial charge in [-0.25, -0.2) is 4.79 Å². The van der Waals surface area contributed by atoms with Crippen LogP contribution in [0.1, 0.15) is 64.5 Å². The second kappa shape index (κ2) is 21.3. The summed E-state index contributed by atoms with van der Waals surface area (Å²) < 4.78 is 0. The summed E-state index contributed by atoms with van der Waals surface area (Å²) in [6.07, 6.45) is 3.72. The van der Waals surface area contributed by atoms with E-state index in [1.54, 1.807) is 25.6 Å². The van der Waals surface area contributed by atoms with Gasteiger partial charge in [0.15, 0.2) is 0 Å². The molecule has 1 fully saturated rings. The van der Waals surface area contributed by atoms with E-state index in [1.807, 2.05) is 80.8 Å². The zero-order valence-electron chi connectivity index (χ0n) is 31.4. The lowest BCUT2D eigenvalue weighted by atomic mass is 9.98. The fourth-order valence-electron chi connectivity index (χ4n) is 6.28. The van der Waals surface area contributed by atoms with Crippen LogP contribution in [0.15, 0.2) is 60.7 Å². The molecule has 14 heteroatoms. The van der Waals surface area contributed by atoms with E-state index in [9.17, 15) is 33.9 Å². The van der Waals surface area contributed by atoms with Crippen LogP contribution in [0.4, 0.5) is 0 Å². The van der Waals surface area contributed by atoms with Crippen molar-refractivity contribution in [1.82, 2.24) is 26.2 Å². The molecule has 0 saturated carbocycles. The highest BCUT2D eigenvalue weighted by molar-refractivity contribution is 7.98. The number of benzene rings is 2. The highest BCUT2D eigenvalue weighted by Crippen LogP contribution is 2.20. The first-order valence-electron chi connectivity index (χ1n) is 18.3. The standard InChI is InChI=1S/C39H56N6O7S/c1-24(2)21-29(41-34(46)28(40)18-20-53-5)35(47)42-30(22-26-13-8-6-9-14-26)36(48)44-33(25(3)4)37(49)43-31(23-27-15-10-7-11-16-27)38(50)45-19-12-17-32(45)39(51)52/h6-11,13-16,24-25,28-33H,12,17-23,40H2,1-5H3,(H,41,46)(H,42,47)(H,43,49)(H,44,48)(H,51,52)/t28-,29-,30-,31-,32-,33-/m1/s1. The Balaban J connectivity index is 1.85. The monoisotopic (exact) mass is 752 g/mol. The summed E-state index contributed by atoms with van der Waals surface area (Å²) in [5, 5.41) is 21.0. The molecule has 290 valence electrons. The summed E-state index contributed by atoms with van der Waals surface area (Å²) in [5.74, 6) is -3.60. The predicted molar refractivity (Wildman–Crippen MR) is 206 cm³/mol. The molecule has 7 N–H and O–H groups in total. The van der Waals surface area contributed by atoms with Crippen molar-refractivity contribution in [2.75, 3.05) is 18.6 Å². The third kappa shape index (κ3) is 13.5. The van der Waals surface area contributed by atoms with Gasteiger partial charge in [0.05, 0.1) is 6.04 Å². The minimum absolute atomic E-state index is 0.0294. The maximum absolute atomic E-state index is 14.1. The van der Waals surface area contributed by atoms with Crippen molar-refractivity contribution in [3.8, 4) is 0 Å². The van der Waals surface area contributed by atoms with Crippen molar-refractivity contribution in [1.29, 1.82) is 0 Å². The van der Waals surface area contributed by atoms with Gasteiger partial charge in [-0.15, -0.1) is 0 Å². The molecule has 5 amide bonds. The highest BCUT2D eigenvalue weighted by atomic mass is 32.2. The molecular weight excluding hydrogens is 697 g/mol. The Morgan fingerprint density at radius 2 is 1.30 bits per heavy atom. The molecule has 1 saturated heterocycles. The number of carbonyl (C=O) groups is 6. The Morgan fingerprint density at radius 3 is 1.83 bits per heavy atom. The smallest absolute Gasteiger partial charge is 0.326 e. The molecule has 0 spiro atoms. The van der Waals surface area contributed by atoms with E-state index < -0.39 is 77.7 Å². The summed E-state index contributed by atoms with van der Waals surface area (Å²) >= 11 is 1.56. The average molecular weight is 753 g/mol. The molecule has 13 nitrogen and oxygen atoms in total. The van der Waals surface area contributed by atoms with Crippen molar-refractivity contribution < 1.29 is 33.9 Å². The van der Waals surface area contributed by atoms with Gasteiger partial charge in [0.1, 0.15) is 30.2 Å². The summed E-state index contributed by atoms with van der Waals surface area (Å²) in [7, 11) is 0. The zero-order chi connectivity index (χ0) is 39.1. The molecule has 0 aliphatic carbocycles. The van der Waals surface area contributed by atoms with Crippen molar-refractivity contribution in [3.05, 3.63) is 71.8 Å². The van der Waals surface area contributed by atoms with Gasteiger partial charge in [0.25, 0.3) is 0 Å². The number of aliphatic carboxylic acids is 1. The fourth-order valence-corrected chi connectivity index (χ4v) is 6.77. The zero-order valence-corrected chi connectivity index (χ0v) is 32.2. The summed E-state index contributed by atoms with van der Waals surface area (Å²) in [6, 6.07) is 12.1. The van der Waals surface area contributed by atoms with Crippen molar-refractivity contribution in [2.45, 2.75) is 102 Å². The molecule has 0 bridgehead atoms. The van der Waals surface area contributed by atoms with Gasteiger partial charge in [-0.05, 0) is 60.7 Å². The van der Waals surface area contributed by atoms with Gasteiger partial charge < -0.3 is 37.0 Å². The number of carboxylic acids is 1. The quantitative estimate of drug-likeness (QED) is 0.117. The van der Waals surface area contributed by atoms with Crippen molar-refractivity contribution in [3.63, 3.8) is 0 Å². The molecule has 0 aromatic heterocycles. The fraction of sp³-hybridized carbons (Fsp3) is 0.538. The molecule has 1 heterocycles. The molecule has 0 unspecified atom stereocenters. The largest absolute Gasteiger partial charge is 0.480 e. The third-order valence-corrected chi connectivity index (χ3v) is 9.83. The highest BCUT2D eigenvalue weighted by Gasteiger charge is 2.39. The number of hydrogen-bond donors (Lipinski definition) is 6. The van der Waals surface area contributed by atoms with E-state index >= 15 is 0 Å². The number of amides is 5. The second-order valence-corrected chi connectivity index (χ2v) is 15.3. The lowest BCUT2D eigenvalue weighted by molar-refractivity contribution is -0.149. The third-order valence-electron chi connectivity index (χ3n) is 9.19. The molecule has 0 radical (unpaired) electrons.